The number of esters is 3. The number of hydrogen-bond acceptors (Lipinski definition) is 7. The van der Waals surface area contributed by atoms with E-state index in [1.807, 2.05) is 21.1 Å². The number of Topliss-reactive ketones (excluding diaryl/α,β-unsaturated/α-hetero) is 1. The predicted molar refractivity (Wildman–Crippen MR) is 306 cm³/mol. The molecule has 0 aliphatic rings. The third-order valence-corrected chi connectivity index (χ3v) is 12.8. The molecular weight excluding hydrogens is 930 g/mol. The lowest BCUT2D eigenvalue weighted by Gasteiger charge is -2.33. The van der Waals surface area contributed by atoms with Gasteiger partial charge in [0.15, 0.2) is 5.78 Å². The van der Waals surface area contributed by atoms with Crippen molar-refractivity contribution in [1.82, 2.24) is 0 Å². The van der Waals surface area contributed by atoms with E-state index in [4.69, 9.17) is 14.2 Å². The Morgan fingerprint density at radius 1 is 0.356 bits per heavy atom. The molecule has 0 amide bonds. The average molecular weight is 1040 g/mol. The number of allylic oxidation sites excluding steroid dienone is 12. The fraction of sp³-hybridized carbons (Fsp3) is 0.750. The van der Waals surface area contributed by atoms with E-state index in [-0.39, 0.29) is 88.1 Å². The standard InChI is InChI=1S/C64H112NO7.ClH/c1-7-10-13-16-19-22-25-28-31-34-37-40-43-46-49-52-61(67)70-57-64(55-60(66)56-65(4,5)6,58-71-62(68)53-50-47-44-41-38-35-32-29-26-23-20-17-14-11-8-2)59-72-63(69)54-51-48-45-42-39-36-33-30-27-24-21-18-15-12-9-3;/h19-24,28-33H,7-18,25-27,34-59H2,1-6H3;1H/q+1;/p-1/b22-19-,23-20-,24-21-,31-28-,32-29-,33-30-;. The van der Waals surface area contributed by atoms with Crippen LogP contribution in [-0.4, -0.2) is 75.7 Å². The Labute approximate surface area is 456 Å². The molecule has 422 valence electrons. The zero-order chi connectivity index (χ0) is 52.9. The summed E-state index contributed by atoms with van der Waals surface area (Å²) in [5.74, 6) is -1.12. The molecule has 0 N–H and O–H groups in total. The van der Waals surface area contributed by atoms with Gasteiger partial charge in [0.05, 0.1) is 26.6 Å². The lowest BCUT2D eigenvalue weighted by atomic mass is 9.84. The van der Waals surface area contributed by atoms with E-state index in [9.17, 15) is 19.2 Å². The fourth-order valence-corrected chi connectivity index (χ4v) is 8.44. The number of ketones is 1. The first kappa shape index (κ1) is 71.8. The van der Waals surface area contributed by atoms with Crippen molar-refractivity contribution < 1.29 is 50.3 Å². The van der Waals surface area contributed by atoms with Crippen molar-refractivity contribution in [3.63, 3.8) is 0 Å². The summed E-state index contributed by atoms with van der Waals surface area (Å²) < 4.78 is 18.1. The summed E-state index contributed by atoms with van der Waals surface area (Å²) in [5, 5.41) is 0. The molecule has 0 fully saturated rings. The summed E-state index contributed by atoms with van der Waals surface area (Å²) in [4.78, 5) is 53.2. The van der Waals surface area contributed by atoms with Crippen LogP contribution < -0.4 is 12.4 Å². The second-order valence-corrected chi connectivity index (χ2v) is 21.6. The fourth-order valence-electron chi connectivity index (χ4n) is 8.44. The SMILES string of the molecule is CCCCC/C=C\C/C=C\CCCCCCCC(=O)OCC(COC(=O)CCCCCCC/C=C\C/C=C\CCCCC)(COC(=O)CCCCCCC/C=C\C/C=C\CCCCC)CC(=O)C[N+](C)(C)C.[Cl-]. The molecule has 0 rings (SSSR count). The lowest BCUT2D eigenvalue weighted by molar-refractivity contribution is -0.862. The van der Waals surface area contributed by atoms with Crippen molar-refractivity contribution in [1.29, 1.82) is 0 Å². The number of carbonyl (C=O) groups is 4. The van der Waals surface area contributed by atoms with Crippen LogP contribution in [0.25, 0.3) is 0 Å². The molecule has 8 nitrogen and oxygen atoms in total. The molecule has 0 aliphatic carbocycles. The molecule has 0 aliphatic heterocycles. The molecule has 0 saturated heterocycles. The Balaban J connectivity index is 0. The number of ether oxygens (including phenoxy) is 3. The van der Waals surface area contributed by atoms with Crippen LogP contribution in [0.3, 0.4) is 0 Å². The first-order valence-corrected chi connectivity index (χ1v) is 29.7. The molecular formula is C64H112ClNO7. The second kappa shape index (κ2) is 53.6. The molecule has 0 unspecified atom stereocenters. The van der Waals surface area contributed by atoms with Gasteiger partial charge in [-0.15, -0.1) is 0 Å². The van der Waals surface area contributed by atoms with E-state index in [0.717, 1.165) is 135 Å². The van der Waals surface area contributed by atoms with Gasteiger partial charge in [-0.1, -0.05) is 190 Å². The molecule has 0 radical (unpaired) electrons. The zero-order valence-electron chi connectivity index (χ0n) is 48.1. The highest BCUT2D eigenvalue weighted by atomic mass is 35.5. The second-order valence-electron chi connectivity index (χ2n) is 21.6. The molecule has 0 aromatic rings. The Kier molecular flexibility index (Phi) is 52.7. The van der Waals surface area contributed by atoms with E-state index in [0.29, 0.717) is 4.48 Å². The number of hydrogen-bond donors (Lipinski definition) is 0. The molecule has 0 heterocycles. The first-order chi connectivity index (χ1) is 35.0. The van der Waals surface area contributed by atoms with Gasteiger partial charge in [-0.05, 0) is 116 Å². The lowest BCUT2D eigenvalue weighted by Crippen LogP contribution is -3.00. The summed E-state index contributed by atoms with van der Waals surface area (Å²) in [5.41, 5.74) is -1.18. The smallest absolute Gasteiger partial charge is 0.305 e. The largest absolute Gasteiger partial charge is 1.00 e. The zero-order valence-corrected chi connectivity index (χ0v) is 48.9. The third-order valence-electron chi connectivity index (χ3n) is 12.8. The number of nitrogens with zero attached hydrogens (tertiary/aromatic N) is 1. The Morgan fingerprint density at radius 2 is 0.603 bits per heavy atom. The number of carbonyl (C=O) groups excluding carboxylic acids is 4. The summed E-state index contributed by atoms with van der Waals surface area (Å²) in [6, 6.07) is 0. The highest BCUT2D eigenvalue weighted by Crippen LogP contribution is 2.27. The highest BCUT2D eigenvalue weighted by molar-refractivity contribution is 5.80. The molecule has 9 heteroatoms. The van der Waals surface area contributed by atoms with Gasteiger partial charge >= 0.3 is 17.9 Å². The van der Waals surface area contributed by atoms with Crippen molar-refractivity contribution in [2.75, 3.05) is 47.5 Å². The van der Waals surface area contributed by atoms with Crippen molar-refractivity contribution >= 4 is 23.7 Å². The van der Waals surface area contributed by atoms with Gasteiger partial charge in [-0.25, -0.2) is 0 Å². The van der Waals surface area contributed by atoms with Crippen molar-refractivity contribution in [3.05, 3.63) is 72.9 Å². The molecule has 0 aromatic carbocycles. The quantitative estimate of drug-likeness (QED) is 0.0197. The van der Waals surface area contributed by atoms with Gasteiger partial charge in [-0.2, -0.15) is 0 Å². The van der Waals surface area contributed by atoms with E-state index in [1.165, 1.54) is 77.0 Å². The van der Waals surface area contributed by atoms with Crippen molar-refractivity contribution in [2.45, 2.75) is 258 Å². The van der Waals surface area contributed by atoms with Crippen LogP contribution in [0, 0.1) is 5.41 Å². The molecule has 0 aromatic heterocycles. The summed E-state index contributed by atoms with van der Waals surface area (Å²) in [7, 11) is 5.84. The van der Waals surface area contributed by atoms with E-state index in [2.05, 4.69) is 93.7 Å². The van der Waals surface area contributed by atoms with Crippen LogP contribution in [0.2, 0.25) is 0 Å². The van der Waals surface area contributed by atoms with Crippen LogP contribution in [0.1, 0.15) is 258 Å². The van der Waals surface area contributed by atoms with Gasteiger partial charge in [0.2, 0.25) is 0 Å². The Hall–Kier alpha value is -3.23. The molecule has 73 heavy (non-hydrogen) atoms. The van der Waals surface area contributed by atoms with Crippen molar-refractivity contribution in [2.24, 2.45) is 5.41 Å². The van der Waals surface area contributed by atoms with Gasteiger partial charge in [0, 0.05) is 25.7 Å². The van der Waals surface area contributed by atoms with Gasteiger partial charge < -0.3 is 31.1 Å². The van der Waals surface area contributed by atoms with Crippen LogP contribution in [-0.2, 0) is 33.4 Å². The van der Waals surface area contributed by atoms with Crippen LogP contribution in [0.15, 0.2) is 72.9 Å². The summed E-state index contributed by atoms with van der Waals surface area (Å²) >= 11 is 0. The van der Waals surface area contributed by atoms with E-state index < -0.39 is 5.41 Å². The maximum Gasteiger partial charge on any atom is 0.305 e. The molecule has 0 atom stereocenters. The normalized spacial score (nSPS) is 12.4. The minimum absolute atomic E-state index is 0. The monoisotopic (exact) mass is 1040 g/mol. The number of quaternary nitrogens is 1. The number of rotatable bonds is 52. The number of likely N-dealkylation sites (N-methyl/N-ethyl adjacent to an activating group) is 1. The molecule has 0 bridgehead atoms. The first-order valence-electron chi connectivity index (χ1n) is 29.7. The Morgan fingerprint density at radius 3 is 0.863 bits per heavy atom. The average Bonchev–Trinajstić information content (AvgIpc) is 3.35. The van der Waals surface area contributed by atoms with Gasteiger partial charge in [0.25, 0.3) is 0 Å². The molecule has 0 saturated carbocycles. The summed E-state index contributed by atoms with van der Waals surface area (Å²) in [6.07, 6.45) is 64.1. The maximum atomic E-state index is 13.6. The minimum Gasteiger partial charge on any atom is -1.00 e. The van der Waals surface area contributed by atoms with Crippen molar-refractivity contribution in [3.8, 4) is 0 Å². The molecule has 0 spiro atoms. The van der Waals surface area contributed by atoms with E-state index in [1.54, 1.807) is 0 Å². The number of unbranched alkanes of at least 4 members (excludes halogenated alkanes) is 24. The van der Waals surface area contributed by atoms with Crippen LogP contribution in [0.4, 0.5) is 0 Å². The summed E-state index contributed by atoms with van der Waals surface area (Å²) in [6.45, 7) is 6.45. The minimum atomic E-state index is -1.18. The third kappa shape index (κ3) is 53.4. The van der Waals surface area contributed by atoms with Crippen LogP contribution >= 0.6 is 0 Å². The van der Waals surface area contributed by atoms with E-state index >= 15 is 0 Å². The van der Waals surface area contributed by atoms with Crippen LogP contribution in [0.5, 0.6) is 0 Å². The van der Waals surface area contributed by atoms with Gasteiger partial charge in [0.1, 0.15) is 26.4 Å². The maximum absolute atomic E-state index is 13.6. The number of halogens is 1. The highest BCUT2D eigenvalue weighted by Gasteiger charge is 2.39. The topological polar surface area (TPSA) is 96.0 Å². The van der Waals surface area contributed by atoms with Gasteiger partial charge in [-0.3, -0.25) is 19.2 Å². The Bertz CT molecular complexity index is 1340. The predicted octanol–water partition coefficient (Wildman–Crippen LogP) is 14.7.